The van der Waals surface area contributed by atoms with Gasteiger partial charge in [0.2, 0.25) is 5.76 Å². The summed E-state index contributed by atoms with van der Waals surface area (Å²) in [5.74, 6) is 0.670. The molecule has 1 aliphatic heterocycles. The Morgan fingerprint density at radius 2 is 1.71 bits per heavy atom. The Hall–Kier alpha value is -3.12. The standard InChI is InChI=1S/C28H33NO5/c1-5-6-7-15-33-21-11-9-20(10-12-21)25-24-26(30)22-16-18(2)19(3)17-23(22)34-27(24)28(31)29(25)13-8-14-32-4/h9-12,16-17,25H,5-8,13-15H2,1-4H3. The molecule has 0 radical (unpaired) electrons. The van der Waals surface area contributed by atoms with E-state index in [9.17, 15) is 9.59 Å². The molecule has 2 aromatic carbocycles. The molecule has 4 rings (SSSR count). The highest BCUT2D eigenvalue weighted by molar-refractivity contribution is 5.99. The van der Waals surface area contributed by atoms with E-state index in [1.807, 2.05) is 50.2 Å². The summed E-state index contributed by atoms with van der Waals surface area (Å²) in [7, 11) is 1.64. The number of hydrogen-bond acceptors (Lipinski definition) is 5. The first kappa shape index (κ1) is 24.0. The Morgan fingerprint density at radius 1 is 0.971 bits per heavy atom. The third-order valence-electron chi connectivity index (χ3n) is 6.54. The van der Waals surface area contributed by atoms with Crippen molar-refractivity contribution >= 4 is 16.9 Å². The third kappa shape index (κ3) is 4.60. The van der Waals surface area contributed by atoms with Crippen LogP contribution >= 0.6 is 0 Å². The van der Waals surface area contributed by atoms with Gasteiger partial charge in [0.1, 0.15) is 11.3 Å². The minimum Gasteiger partial charge on any atom is -0.494 e. The van der Waals surface area contributed by atoms with E-state index in [1.54, 1.807) is 12.0 Å². The Morgan fingerprint density at radius 3 is 2.41 bits per heavy atom. The second-order valence-corrected chi connectivity index (χ2v) is 8.98. The van der Waals surface area contributed by atoms with Crippen LogP contribution in [-0.4, -0.2) is 37.7 Å². The molecule has 6 nitrogen and oxygen atoms in total. The number of carbonyl (C=O) groups excluding carboxylic acids is 1. The molecular weight excluding hydrogens is 430 g/mol. The smallest absolute Gasteiger partial charge is 0.290 e. The molecule has 0 fully saturated rings. The van der Waals surface area contributed by atoms with Crippen molar-refractivity contribution in [2.24, 2.45) is 0 Å². The van der Waals surface area contributed by atoms with Crippen LogP contribution in [0.1, 0.15) is 71.5 Å². The zero-order valence-corrected chi connectivity index (χ0v) is 20.5. The van der Waals surface area contributed by atoms with Crippen LogP contribution in [-0.2, 0) is 4.74 Å². The number of amides is 1. The van der Waals surface area contributed by atoms with Crippen molar-refractivity contribution in [1.82, 2.24) is 4.90 Å². The fraction of sp³-hybridized carbons (Fsp3) is 0.429. The lowest BCUT2D eigenvalue weighted by atomic mass is 9.97. The van der Waals surface area contributed by atoms with Crippen molar-refractivity contribution in [3.05, 3.63) is 74.6 Å². The molecule has 3 aromatic rings. The molecule has 1 unspecified atom stereocenters. The molecule has 0 bridgehead atoms. The number of carbonyl (C=O) groups is 1. The van der Waals surface area contributed by atoms with Crippen molar-refractivity contribution in [3.8, 4) is 5.75 Å². The highest BCUT2D eigenvalue weighted by Gasteiger charge is 2.42. The summed E-state index contributed by atoms with van der Waals surface area (Å²) >= 11 is 0. The van der Waals surface area contributed by atoms with Crippen LogP contribution in [0.25, 0.3) is 11.0 Å². The predicted molar refractivity (Wildman–Crippen MR) is 133 cm³/mol. The molecule has 1 amide bonds. The molecule has 1 aliphatic rings. The molecule has 1 aromatic heterocycles. The van der Waals surface area contributed by atoms with Crippen LogP contribution < -0.4 is 10.2 Å². The molecule has 0 spiro atoms. The first-order valence-electron chi connectivity index (χ1n) is 12.1. The lowest BCUT2D eigenvalue weighted by molar-refractivity contribution is 0.0708. The summed E-state index contributed by atoms with van der Waals surface area (Å²) in [5.41, 5.74) is 3.61. The van der Waals surface area contributed by atoms with E-state index in [4.69, 9.17) is 13.9 Å². The van der Waals surface area contributed by atoms with Crippen molar-refractivity contribution in [1.29, 1.82) is 0 Å². The number of aryl methyl sites for hydroxylation is 2. The van der Waals surface area contributed by atoms with Gasteiger partial charge in [-0.1, -0.05) is 31.9 Å². The summed E-state index contributed by atoms with van der Waals surface area (Å²) in [4.78, 5) is 28.8. The van der Waals surface area contributed by atoms with Gasteiger partial charge in [-0.25, -0.2) is 0 Å². The number of fused-ring (bicyclic) bond motifs is 2. The number of unbranched alkanes of at least 4 members (excludes halogenated alkanes) is 2. The molecule has 180 valence electrons. The predicted octanol–water partition coefficient (Wildman–Crippen LogP) is 5.56. The minimum absolute atomic E-state index is 0.142. The number of benzene rings is 2. The zero-order valence-electron chi connectivity index (χ0n) is 20.5. The number of nitrogens with zero attached hydrogens (tertiary/aromatic N) is 1. The van der Waals surface area contributed by atoms with E-state index in [2.05, 4.69) is 6.92 Å². The van der Waals surface area contributed by atoms with Crippen LogP contribution in [0.3, 0.4) is 0 Å². The van der Waals surface area contributed by atoms with Crippen molar-refractivity contribution in [2.75, 3.05) is 26.9 Å². The topological polar surface area (TPSA) is 69.0 Å². The lowest BCUT2D eigenvalue weighted by Gasteiger charge is -2.25. The molecule has 0 saturated heterocycles. The molecule has 0 N–H and O–H groups in total. The van der Waals surface area contributed by atoms with E-state index in [0.29, 0.717) is 42.7 Å². The Kier molecular flexibility index (Phi) is 7.37. The molecule has 0 saturated carbocycles. The van der Waals surface area contributed by atoms with Gasteiger partial charge >= 0.3 is 0 Å². The number of rotatable bonds is 10. The van der Waals surface area contributed by atoms with Gasteiger partial charge in [0.05, 0.1) is 23.6 Å². The van der Waals surface area contributed by atoms with E-state index < -0.39 is 6.04 Å². The SMILES string of the molecule is CCCCCOc1ccc(C2c3c(oc4cc(C)c(C)cc4c3=O)C(=O)N2CCCOC)cc1. The maximum atomic E-state index is 13.7. The van der Waals surface area contributed by atoms with Crippen LogP contribution in [0.4, 0.5) is 0 Å². The van der Waals surface area contributed by atoms with Gasteiger partial charge in [-0.15, -0.1) is 0 Å². The lowest BCUT2D eigenvalue weighted by Crippen LogP contribution is -2.31. The molecule has 1 atom stereocenters. The number of hydrogen-bond donors (Lipinski definition) is 0. The van der Waals surface area contributed by atoms with E-state index in [0.717, 1.165) is 41.7 Å². The van der Waals surface area contributed by atoms with Crippen molar-refractivity contribution in [2.45, 2.75) is 52.5 Å². The Balaban J connectivity index is 1.75. The Labute approximate surface area is 200 Å². The summed E-state index contributed by atoms with van der Waals surface area (Å²) in [6.45, 7) is 7.77. The van der Waals surface area contributed by atoms with Gasteiger partial charge in [-0.05, 0) is 67.6 Å². The monoisotopic (exact) mass is 463 g/mol. The average Bonchev–Trinajstić information content (AvgIpc) is 3.11. The van der Waals surface area contributed by atoms with E-state index in [1.165, 1.54) is 0 Å². The first-order chi connectivity index (χ1) is 16.5. The second kappa shape index (κ2) is 10.4. The zero-order chi connectivity index (χ0) is 24.2. The highest BCUT2D eigenvalue weighted by Crippen LogP contribution is 2.39. The maximum Gasteiger partial charge on any atom is 0.290 e. The van der Waals surface area contributed by atoms with Gasteiger partial charge in [0, 0.05) is 20.3 Å². The summed E-state index contributed by atoms with van der Waals surface area (Å²) in [6, 6.07) is 10.9. The molecule has 34 heavy (non-hydrogen) atoms. The summed E-state index contributed by atoms with van der Waals surface area (Å²) in [6.07, 6.45) is 3.96. The maximum absolute atomic E-state index is 13.7. The van der Waals surface area contributed by atoms with Gasteiger partial charge in [0.25, 0.3) is 5.91 Å². The quantitative estimate of drug-likeness (QED) is 0.368. The number of ether oxygens (including phenoxy) is 2. The fourth-order valence-corrected chi connectivity index (χ4v) is 4.52. The van der Waals surface area contributed by atoms with Gasteiger partial charge < -0.3 is 18.8 Å². The summed E-state index contributed by atoms with van der Waals surface area (Å²) < 4.78 is 17.1. The largest absolute Gasteiger partial charge is 0.494 e. The highest BCUT2D eigenvalue weighted by atomic mass is 16.5. The molecule has 0 aliphatic carbocycles. The van der Waals surface area contributed by atoms with E-state index >= 15 is 0 Å². The summed E-state index contributed by atoms with van der Waals surface area (Å²) in [5, 5.41) is 0.509. The molecule has 6 heteroatoms. The fourth-order valence-electron chi connectivity index (χ4n) is 4.52. The first-order valence-corrected chi connectivity index (χ1v) is 12.1. The van der Waals surface area contributed by atoms with E-state index in [-0.39, 0.29) is 17.1 Å². The van der Waals surface area contributed by atoms with Crippen LogP contribution in [0.15, 0.2) is 45.6 Å². The third-order valence-corrected chi connectivity index (χ3v) is 6.54. The van der Waals surface area contributed by atoms with Gasteiger partial charge in [-0.2, -0.15) is 0 Å². The van der Waals surface area contributed by atoms with Crippen LogP contribution in [0.2, 0.25) is 0 Å². The van der Waals surface area contributed by atoms with Crippen LogP contribution in [0, 0.1) is 13.8 Å². The average molecular weight is 464 g/mol. The minimum atomic E-state index is -0.504. The van der Waals surface area contributed by atoms with Crippen molar-refractivity contribution in [3.63, 3.8) is 0 Å². The molecule has 2 heterocycles. The second-order valence-electron chi connectivity index (χ2n) is 8.98. The Bertz CT molecular complexity index is 1230. The normalized spacial score (nSPS) is 15.2. The molecular formula is C28H33NO5. The van der Waals surface area contributed by atoms with Gasteiger partial charge in [0.15, 0.2) is 5.43 Å². The van der Waals surface area contributed by atoms with Gasteiger partial charge in [-0.3, -0.25) is 9.59 Å². The number of methoxy groups -OCH3 is 1. The van der Waals surface area contributed by atoms with Crippen molar-refractivity contribution < 1.29 is 18.7 Å². The van der Waals surface area contributed by atoms with Crippen LogP contribution in [0.5, 0.6) is 5.75 Å².